The molecular formula is C16H23FN2O2. The molecule has 2 N–H and O–H groups in total. The van der Waals surface area contributed by atoms with E-state index in [1.807, 2.05) is 13.0 Å². The van der Waals surface area contributed by atoms with Crippen molar-refractivity contribution in [1.29, 1.82) is 0 Å². The molecule has 0 aliphatic carbocycles. The highest BCUT2D eigenvalue weighted by molar-refractivity contribution is 5.22. The van der Waals surface area contributed by atoms with Crippen LogP contribution in [0.25, 0.3) is 0 Å². The molecule has 116 valence electrons. The monoisotopic (exact) mass is 294 g/mol. The highest BCUT2D eigenvalue weighted by Gasteiger charge is 2.41. The predicted octanol–water partition coefficient (Wildman–Crippen LogP) is 2.05. The van der Waals surface area contributed by atoms with Gasteiger partial charge in [-0.2, -0.15) is 0 Å². The maximum absolute atomic E-state index is 13.5. The number of nitrogens with zero attached hydrogens (tertiary/aromatic N) is 1. The third-order valence-electron chi connectivity index (χ3n) is 4.46. The molecule has 1 aromatic carbocycles. The number of ether oxygens (including phenoxy) is 2. The summed E-state index contributed by atoms with van der Waals surface area (Å²) >= 11 is 0. The van der Waals surface area contributed by atoms with Gasteiger partial charge in [-0.1, -0.05) is 12.1 Å². The maximum Gasteiger partial charge on any atom is 0.170 e. The third-order valence-corrected chi connectivity index (χ3v) is 4.46. The van der Waals surface area contributed by atoms with Gasteiger partial charge in [0, 0.05) is 38.0 Å². The Balaban J connectivity index is 1.74. The second kappa shape index (κ2) is 6.01. The van der Waals surface area contributed by atoms with E-state index in [1.165, 1.54) is 6.07 Å². The van der Waals surface area contributed by atoms with Crippen LogP contribution in [0.2, 0.25) is 0 Å². The van der Waals surface area contributed by atoms with E-state index >= 15 is 0 Å². The fourth-order valence-corrected chi connectivity index (χ4v) is 3.47. The van der Waals surface area contributed by atoms with Crippen LogP contribution in [0.5, 0.6) is 0 Å². The van der Waals surface area contributed by atoms with E-state index in [-0.39, 0.29) is 23.7 Å². The van der Waals surface area contributed by atoms with Crippen molar-refractivity contribution in [2.24, 2.45) is 5.73 Å². The summed E-state index contributed by atoms with van der Waals surface area (Å²) in [6.07, 6.45) is 1.68. The van der Waals surface area contributed by atoms with Crippen molar-refractivity contribution in [3.05, 3.63) is 35.6 Å². The van der Waals surface area contributed by atoms with Crippen LogP contribution < -0.4 is 5.73 Å². The molecule has 3 rings (SSSR count). The van der Waals surface area contributed by atoms with Gasteiger partial charge in [0.2, 0.25) is 0 Å². The number of likely N-dealkylation sites (tertiary alicyclic amines) is 1. The molecule has 2 unspecified atom stereocenters. The van der Waals surface area contributed by atoms with Gasteiger partial charge < -0.3 is 15.2 Å². The average Bonchev–Trinajstić information content (AvgIpc) is 2.90. The number of hydrogen-bond donors (Lipinski definition) is 1. The first kappa shape index (κ1) is 14.9. The van der Waals surface area contributed by atoms with Crippen molar-refractivity contribution in [2.75, 3.05) is 26.3 Å². The third kappa shape index (κ3) is 3.11. The molecule has 0 saturated carbocycles. The molecule has 2 aliphatic rings. The van der Waals surface area contributed by atoms with E-state index in [0.29, 0.717) is 13.2 Å². The van der Waals surface area contributed by atoms with E-state index < -0.39 is 0 Å². The Bertz CT molecular complexity index is 479. The van der Waals surface area contributed by atoms with Crippen molar-refractivity contribution >= 4 is 0 Å². The van der Waals surface area contributed by atoms with E-state index in [4.69, 9.17) is 15.2 Å². The van der Waals surface area contributed by atoms with Crippen molar-refractivity contribution < 1.29 is 13.9 Å². The minimum Gasteiger partial charge on any atom is -0.347 e. The first-order valence-electron chi connectivity index (χ1n) is 7.63. The number of piperidine rings is 1. The second-order valence-electron chi connectivity index (χ2n) is 6.00. The van der Waals surface area contributed by atoms with Gasteiger partial charge in [0.25, 0.3) is 0 Å². The van der Waals surface area contributed by atoms with E-state index in [1.54, 1.807) is 12.1 Å². The minimum atomic E-state index is -0.388. The molecule has 0 aromatic heterocycles. The minimum absolute atomic E-state index is 0.0273. The summed E-state index contributed by atoms with van der Waals surface area (Å²) in [6, 6.07) is 6.71. The lowest BCUT2D eigenvalue weighted by molar-refractivity contribution is -0.188. The van der Waals surface area contributed by atoms with Crippen molar-refractivity contribution in [2.45, 2.75) is 37.6 Å². The van der Waals surface area contributed by atoms with E-state index in [0.717, 1.165) is 31.5 Å². The number of rotatable bonds is 3. The topological polar surface area (TPSA) is 47.7 Å². The average molecular weight is 294 g/mol. The zero-order chi connectivity index (χ0) is 14.9. The lowest BCUT2D eigenvalue weighted by Crippen LogP contribution is -2.49. The molecule has 2 fully saturated rings. The van der Waals surface area contributed by atoms with E-state index in [2.05, 4.69) is 4.90 Å². The zero-order valence-corrected chi connectivity index (χ0v) is 12.4. The summed E-state index contributed by atoms with van der Waals surface area (Å²) in [5.41, 5.74) is 7.11. The first-order chi connectivity index (χ1) is 10.1. The molecule has 1 aromatic rings. The molecule has 0 radical (unpaired) electrons. The van der Waals surface area contributed by atoms with Crippen LogP contribution in [0, 0.1) is 5.82 Å². The van der Waals surface area contributed by atoms with Gasteiger partial charge in [0.15, 0.2) is 5.79 Å². The molecule has 4 nitrogen and oxygen atoms in total. The quantitative estimate of drug-likeness (QED) is 0.927. The highest BCUT2D eigenvalue weighted by Crippen LogP contribution is 2.35. The predicted molar refractivity (Wildman–Crippen MR) is 78.2 cm³/mol. The van der Waals surface area contributed by atoms with Crippen LogP contribution in [-0.2, 0) is 9.47 Å². The molecule has 0 amide bonds. The van der Waals surface area contributed by atoms with Gasteiger partial charge in [-0.05, 0) is 24.6 Å². The van der Waals surface area contributed by atoms with Crippen molar-refractivity contribution in [1.82, 2.24) is 4.90 Å². The number of halogens is 1. The number of hydrogen-bond acceptors (Lipinski definition) is 4. The smallest absolute Gasteiger partial charge is 0.170 e. The Morgan fingerprint density at radius 1 is 1.24 bits per heavy atom. The first-order valence-corrected chi connectivity index (χ1v) is 7.63. The maximum atomic E-state index is 13.5. The summed E-state index contributed by atoms with van der Waals surface area (Å²) in [5.74, 6) is -0.602. The molecule has 2 heterocycles. The lowest BCUT2D eigenvalue weighted by Gasteiger charge is -2.42. The van der Waals surface area contributed by atoms with Crippen LogP contribution in [0.3, 0.4) is 0 Å². The Hall–Kier alpha value is -1.01. The van der Waals surface area contributed by atoms with Gasteiger partial charge >= 0.3 is 0 Å². The summed E-state index contributed by atoms with van der Waals surface area (Å²) in [5, 5.41) is 0. The number of nitrogens with two attached hydrogens (primary N) is 1. The SMILES string of the molecule is CC(N)C(c1cccc(F)c1)N1CCC2(CC1)OCCO2. The van der Waals surface area contributed by atoms with Gasteiger partial charge in [0.1, 0.15) is 5.82 Å². The molecule has 2 aliphatic heterocycles. The van der Waals surface area contributed by atoms with Gasteiger partial charge in [-0.15, -0.1) is 0 Å². The summed E-state index contributed by atoms with van der Waals surface area (Å²) in [6.45, 7) is 5.04. The van der Waals surface area contributed by atoms with Gasteiger partial charge in [0.05, 0.1) is 13.2 Å². The molecule has 0 bridgehead atoms. The summed E-state index contributed by atoms with van der Waals surface area (Å²) in [7, 11) is 0. The highest BCUT2D eigenvalue weighted by atomic mass is 19.1. The van der Waals surface area contributed by atoms with Gasteiger partial charge in [-0.3, -0.25) is 4.90 Å². The standard InChI is InChI=1S/C16H23FN2O2/c1-12(18)15(13-3-2-4-14(17)11-13)19-7-5-16(6-8-19)20-9-10-21-16/h2-4,11-12,15H,5-10,18H2,1H3. The number of benzene rings is 1. The van der Waals surface area contributed by atoms with Crippen molar-refractivity contribution in [3.8, 4) is 0 Å². The lowest BCUT2D eigenvalue weighted by atomic mass is 9.94. The Morgan fingerprint density at radius 3 is 2.48 bits per heavy atom. The van der Waals surface area contributed by atoms with Crippen LogP contribution in [-0.4, -0.2) is 43.0 Å². The molecule has 21 heavy (non-hydrogen) atoms. The van der Waals surface area contributed by atoms with Gasteiger partial charge in [-0.25, -0.2) is 4.39 Å². The molecule has 2 saturated heterocycles. The van der Waals surface area contributed by atoms with Crippen LogP contribution in [0.4, 0.5) is 4.39 Å². The Kier molecular flexibility index (Phi) is 4.26. The van der Waals surface area contributed by atoms with E-state index in [9.17, 15) is 4.39 Å². The van der Waals surface area contributed by atoms with Crippen LogP contribution in [0.1, 0.15) is 31.4 Å². The van der Waals surface area contributed by atoms with Crippen LogP contribution in [0.15, 0.2) is 24.3 Å². The molecule has 1 spiro atoms. The normalized spacial score (nSPS) is 25.1. The second-order valence-corrected chi connectivity index (χ2v) is 6.00. The summed E-state index contributed by atoms with van der Waals surface area (Å²) < 4.78 is 25.0. The fraction of sp³-hybridized carbons (Fsp3) is 0.625. The molecule has 2 atom stereocenters. The van der Waals surface area contributed by atoms with Crippen LogP contribution >= 0.6 is 0 Å². The molecular weight excluding hydrogens is 271 g/mol. The molecule has 5 heteroatoms. The van der Waals surface area contributed by atoms with Crippen molar-refractivity contribution in [3.63, 3.8) is 0 Å². The Labute approximate surface area is 125 Å². The largest absolute Gasteiger partial charge is 0.347 e. The zero-order valence-electron chi connectivity index (χ0n) is 12.4. The fourth-order valence-electron chi connectivity index (χ4n) is 3.47. The summed E-state index contributed by atoms with van der Waals surface area (Å²) in [4.78, 5) is 2.32. The Morgan fingerprint density at radius 2 is 1.90 bits per heavy atom.